The van der Waals surface area contributed by atoms with Gasteiger partial charge >= 0.3 is 0 Å². The van der Waals surface area contributed by atoms with E-state index in [1.165, 1.54) is 5.56 Å². The van der Waals surface area contributed by atoms with E-state index >= 15 is 0 Å². The van der Waals surface area contributed by atoms with Crippen LogP contribution in [0.2, 0.25) is 0 Å². The van der Waals surface area contributed by atoms with E-state index in [2.05, 4.69) is 34.9 Å². The minimum Gasteiger partial charge on any atom is -0.496 e. The highest BCUT2D eigenvalue weighted by atomic mass is 16.5. The van der Waals surface area contributed by atoms with Gasteiger partial charge in [0.1, 0.15) is 11.5 Å². The highest BCUT2D eigenvalue weighted by molar-refractivity contribution is 5.97. The number of rotatable bonds is 5. The lowest BCUT2D eigenvalue weighted by molar-refractivity contribution is -0.120. The molecular formula is C22H27N3O3. The van der Waals surface area contributed by atoms with Crippen molar-refractivity contribution in [3.05, 3.63) is 53.6 Å². The lowest BCUT2D eigenvalue weighted by Gasteiger charge is -2.34. The third-order valence-corrected chi connectivity index (χ3v) is 5.62. The standard InChI is InChI=1S/C22H27N3O3/c1-25-18-11-16(19(27-2)12-20(18)28-14-21(25)26)13-24-17-9-6-10-23-22(17)15-7-4-3-5-8-15/h3-5,7-8,11-12,17,22-24H,6,9-10,13-14H2,1-2H3. The van der Waals surface area contributed by atoms with Crippen molar-refractivity contribution >= 4 is 11.6 Å². The molecule has 1 amide bonds. The molecule has 2 aromatic rings. The Labute approximate surface area is 165 Å². The Bertz CT molecular complexity index is 840. The molecule has 0 saturated carbocycles. The van der Waals surface area contributed by atoms with Gasteiger partial charge in [-0.15, -0.1) is 0 Å². The summed E-state index contributed by atoms with van der Waals surface area (Å²) in [5.41, 5.74) is 3.11. The van der Waals surface area contributed by atoms with E-state index in [1.54, 1.807) is 19.1 Å². The molecule has 0 spiro atoms. The molecule has 1 fully saturated rings. The Hall–Kier alpha value is -2.57. The van der Waals surface area contributed by atoms with Gasteiger partial charge in [0, 0.05) is 37.3 Å². The van der Waals surface area contributed by atoms with Crippen molar-refractivity contribution in [2.75, 3.05) is 32.2 Å². The second kappa shape index (κ2) is 8.20. The van der Waals surface area contributed by atoms with Gasteiger partial charge in [0.15, 0.2) is 6.61 Å². The summed E-state index contributed by atoms with van der Waals surface area (Å²) >= 11 is 0. The number of nitrogens with one attached hydrogen (secondary N) is 2. The fraction of sp³-hybridized carbons (Fsp3) is 0.409. The molecule has 6 nitrogen and oxygen atoms in total. The number of piperidine rings is 1. The molecule has 2 N–H and O–H groups in total. The van der Waals surface area contributed by atoms with Gasteiger partial charge in [-0.25, -0.2) is 0 Å². The molecule has 6 heteroatoms. The van der Waals surface area contributed by atoms with Crippen molar-refractivity contribution < 1.29 is 14.3 Å². The Kier molecular flexibility index (Phi) is 5.50. The molecular weight excluding hydrogens is 354 g/mol. The molecule has 4 rings (SSSR count). The number of carbonyl (C=O) groups excluding carboxylic acids is 1. The topological polar surface area (TPSA) is 62.8 Å². The van der Waals surface area contributed by atoms with Crippen LogP contribution >= 0.6 is 0 Å². The highest BCUT2D eigenvalue weighted by Gasteiger charge is 2.27. The van der Waals surface area contributed by atoms with E-state index in [0.717, 1.165) is 36.4 Å². The molecule has 0 radical (unpaired) electrons. The molecule has 1 saturated heterocycles. The average molecular weight is 381 g/mol. The first-order valence-electron chi connectivity index (χ1n) is 9.79. The van der Waals surface area contributed by atoms with Crippen LogP contribution in [0.5, 0.6) is 11.5 Å². The van der Waals surface area contributed by atoms with Gasteiger partial charge in [-0.3, -0.25) is 4.79 Å². The maximum atomic E-state index is 12.0. The molecule has 2 aliphatic rings. The third kappa shape index (κ3) is 3.70. The molecule has 0 bridgehead atoms. The van der Waals surface area contributed by atoms with Crippen LogP contribution in [0.25, 0.3) is 0 Å². The lowest BCUT2D eigenvalue weighted by atomic mass is 9.92. The largest absolute Gasteiger partial charge is 0.496 e. The number of nitrogens with zero attached hydrogens (tertiary/aromatic N) is 1. The molecule has 2 heterocycles. The number of fused-ring (bicyclic) bond motifs is 1. The fourth-order valence-electron chi connectivity index (χ4n) is 4.03. The zero-order chi connectivity index (χ0) is 19.5. The number of anilines is 1. The fourth-order valence-corrected chi connectivity index (χ4v) is 4.03. The predicted octanol–water partition coefficient (Wildman–Crippen LogP) is 2.63. The van der Waals surface area contributed by atoms with Crippen LogP contribution in [0.3, 0.4) is 0 Å². The van der Waals surface area contributed by atoms with E-state index < -0.39 is 0 Å². The van der Waals surface area contributed by atoms with Gasteiger partial charge in [-0.05, 0) is 31.0 Å². The van der Waals surface area contributed by atoms with Gasteiger partial charge in [0.05, 0.1) is 12.8 Å². The number of ether oxygens (including phenoxy) is 2. The van der Waals surface area contributed by atoms with Crippen LogP contribution in [-0.2, 0) is 11.3 Å². The summed E-state index contributed by atoms with van der Waals surface area (Å²) in [6.07, 6.45) is 2.26. The summed E-state index contributed by atoms with van der Waals surface area (Å²) in [5, 5.41) is 7.35. The minimum absolute atomic E-state index is 0.0443. The minimum atomic E-state index is -0.0443. The number of amides is 1. The van der Waals surface area contributed by atoms with Crippen LogP contribution in [0.1, 0.15) is 30.0 Å². The Morgan fingerprint density at radius 1 is 1.29 bits per heavy atom. The number of benzene rings is 2. The zero-order valence-corrected chi connectivity index (χ0v) is 16.4. The number of hydrogen-bond acceptors (Lipinski definition) is 5. The predicted molar refractivity (Wildman–Crippen MR) is 109 cm³/mol. The quantitative estimate of drug-likeness (QED) is 0.834. The summed E-state index contributed by atoms with van der Waals surface area (Å²) < 4.78 is 11.2. The summed E-state index contributed by atoms with van der Waals surface area (Å²) in [6.45, 7) is 1.76. The number of carbonyl (C=O) groups is 1. The number of methoxy groups -OCH3 is 1. The number of likely N-dealkylation sites (N-methyl/N-ethyl adjacent to an activating group) is 1. The van der Waals surface area contributed by atoms with Crippen LogP contribution in [0.4, 0.5) is 5.69 Å². The summed E-state index contributed by atoms with van der Waals surface area (Å²) in [4.78, 5) is 13.6. The first kappa shape index (κ1) is 18.8. The van der Waals surface area contributed by atoms with E-state index in [4.69, 9.17) is 9.47 Å². The van der Waals surface area contributed by atoms with Gasteiger partial charge in [0.25, 0.3) is 5.91 Å². The summed E-state index contributed by atoms with van der Waals surface area (Å²) in [7, 11) is 3.45. The van der Waals surface area contributed by atoms with Crippen molar-refractivity contribution in [3.8, 4) is 11.5 Å². The first-order valence-corrected chi connectivity index (χ1v) is 9.79. The molecule has 2 aromatic carbocycles. The Morgan fingerprint density at radius 2 is 2.11 bits per heavy atom. The SMILES string of the molecule is COc1cc2c(cc1CNC1CCCNC1c1ccccc1)N(C)C(=O)CO2. The van der Waals surface area contributed by atoms with Crippen molar-refractivity contribution in [2.24, 2.45) is 0 Å². The molecule has 28 heavy (non-hydrogen) atoms. The van der Waals surface area contributed by atoms with Crippen molar-refractivity contribution in [2.45, 2.75) is 31.5 Å². The summed E-state index contributed by atoms with van der Waals surface area (Å²) in [5.74, 6) is 1.41. The Morgan fingerprint density at radius 3 is 2.89 bits per heavy atom. The van der Waals surface area contributed by atoms with Gasteiger partial charge < -0.3 is 25.0 Å². The molecule has 2 atom stereocenters. The average Bonchev–Trinajstić information content (AvgIpc) is 2.75. The molecule has 0 aromatic heterocycles. The van der Waals surface area contributed by atoms with Gasteiger partial charge in [-0.1, -0.05) is 30.3 Å². The molecule has 148 valence electrons. The van der Waals surface area contributed by atoms with Crippen LogP contribution in [0.15, 0.2) is 42.5 Å². The smallest absolute Gasteiger partial charge is 0.264 e. The van der Waals surface area contributed by atoms with Gasteiger partial charge in [-0.2, -0.15) is 0 Å². The monoisotopic (exact) mass is 381 g/mol. The van der Waals surface area contributed by atoms with Crippen molar-refractivity contribution in [1.29, 1.82) is 0 Å². The van der Waals surface area contributed by atoms with Gasteiger partial charge in [0.2, 0.25) is 0 Å². The highest BCUT2D eigenvalue weighted by Crippen LogP contribution is 2.37. The molecule has 0 aliphatic carbocycles. The van der Waals surface area contributed by atoms with Crippen LogP contribution in [-0.4, -0.2) is 39.3 Å². The van der Waals surface area contributed by atoms with Crippen LogP contribution in [0, 0.1) is 0 Å². The second-order valence-electron chi connectivity index (χ2n) is 7.35. The van der Waals surface area contributed by atoms with E-state index in [0.29, 0.717) is 18.3 Å². The summed E-state index contributed by atoms with van der Waals surface area (Å²) in [6, 6.07) is 15.1. The first-order chi connectivity index (χ1) is 13.7. The van der Waals surface area contributed by atoms with Crippen LogP contribution < -0.4 is 25.0 Å². The Balaban J connectivity index is 1.54. The van der Waals surface area contributed by atoms with E-state index in [-0.39, 0.29) is 18.6 Å². The van der Waals surface area contributed by atoms with Crippen molar-refractivity contribution in [3.63, 3.8) is 0 Å². The second-order valence-corrected chi connectivity index (χ2v) is 7.35. The van der Waals surface area contributed by atoms with E-state index in [1.807, 2.05) is 18.2 Å². The lowest BCUT2D eigenvalue weighted by Crippen LogP contribution is -2.45. The number of hydrogen-bond donors (Lipinski definition) is 2. The van der Waals surface area contributed by atoms with E-state index in [9.17, 15) is 4.79 Å². The molecule has 2 unspecified atom stereocenters. The molecule has 2 aliphatic heterocycles. The maximum absolute atomic E-state index is 12.0. The third-order valence-electron chi connectivity index (χ3n) is 5.62. The maximum Gasteiger partial charge on any atom is 0.264 e. The van der Waals surface area contributed by atoms with Crippen molar-refractivity contribution in [1.82, 2.24) is 10.6 Å². The zero-order valence-electron chi connectivity index (χ0n) is 16.4. The normalized spacial score (nSPS) is 21.8.